The zero-order valence-corrected chi connectivity index (χ0v) is 13.9. The number of amides is 1. The summed E-state index contributed by atoms with van der Waals surface area (Å²) in [7, 11) is 0. The van der Waals surface area contributed by atoms with Crippen LogP contribution in [-0.2, 0) is 4.79 Å². The van der Waals surface area contributed by atoms with Gasteiger partial charge in [-0.1, -0.05) is 55.0 Å². The lowest BCUT2D eigenvalue weighted by Crippen LogP contribution is -2.29. The molecule has 0 aromatic rings. The van der Waals surface area contributed by atoms with Crippen molar-refractivity contribution >= 4 is 21.8 Å². The fraction of sp³-hybridized carbons (Fsp3) is 0.933. The van der Waals surface area contributed by atoms with Gasteiger partial charge in [0.05, 0.1) is 0 Å². The lowest BCUT2D eigenvalue weighted by Gasteiger charge is -2.15. The third-order valence-electron chi connectivity index (χ3n) is 3.66. The number of likely N-dealkylation sites (tertiary alicyclic amines) is 1. The van der Waals surface area contributed by atoms with Crippen molar-refractivity contribution in [2.45, 2.75) is 63.1 Å². The predicted octanol–water partition coefficient (Wildman–Crippen LogP) is 3.32. The van der Waals surface area contributed by atoms with Gasteiger partial charge < -0.3 is 10.2 Å². The summed E-state index contributed by atoms with van der Waals surface area (Å²) in [6, 6.07) is 0. The average Bonchev–Trinajstić information content (AvgIpc) is 2.70. The highest BCUT2D eigenvalue weighted by atomic mass is 79.9. The highest BCUT2D eigenvalue weighted by Gasteiger charge is 2.26. The smallest absolute Gasteiger partial charge is 0.223 e. The van der Waals surface area contributed by atoms with E-state index >= 15 is 0 Å². The van der Waals surface area contributed by atoms with Crippen LogP contribution in [0.5, 0.6) is 0 Å². The summed E-state index contributed by atoms with van der Waals surface area (Å²) in [6.07, 6.45) is 9.85. The minimum Gasteiger partial charge on any atom is -0.341 e. The van der Waals surface area contributed by atoms with Crippen LogP contribution in [0.15, 0.2) is 0 Å². The van der Waals surface area contributed by atoms with E-state index in [0.29, 0.717) is 17.2 Å². The Morgan fingerprint density at radius 3 is 2.53 bits per heavy atom. The molecule has 1 fully saturated rings. The second-order valence-electron chi connectivity index (χ2n) is 5.51. The largest absolute Gasteiger partial charge is 0.341 e. The van der Waals surface area contributed by atoms with E-state index < -0.39 is 0 Å². The summed E-state index contributed by atoms with van der Waals surface area (Å²) in [5.74, 6) is 0.304. The van der Waals surface area contributed by atoms with Gasteiger partial charge >= 0.3 is 0 Å². The molecule has 4 heteroatoms. The van der Waals surface area contributed by atoms with E-state index in [4.69, 9.17) is 0 Å². The Labute approximate surface area is 126 Å². The molecule has 1 heterocycles. The molecule has 1 aliphatic heterocycles. The van der Waals surface area contributed by atoms with Crippen LogP contribution in [0.4, 0.5) is 0 Å². The first-order valence-electron chi connectivity index (χ1n) is 7.86. The molecule has 0 spiro atoms. The molecule has 1 aliphatic rings. The molecule has 3 nitrogen and oxygen atoms in total. The molecule has 1 unspecified atom stereocenters. The van der Waals surface area contributed by atoms with Gasteiger partial charge in [-0.15, -0.1) is 0 Å². The molecule has 0 saturated carbocycles. The van der Waals surface area contributed by atoms with Crippen molar-refractivity contribution in [3.05, 3.63) is 0 Å². The van der Waals surface area contributed by atoms with Gasteiger partial charge in [0.2, 0.25) is 5.91 Å². The molecule has 1 saturated heterocycles. The highest BCUT2D eigenvalue weighted by molar-refractivity contribution is 9.09. The Hall–Kier alpha value is -0.0900. The third-order valence-corrected chi connectivity index (χ3v) is 4.27. The Morgan fingerprint density at radius 2 is 1.84 bits per heavy atom. The van der Waals surface area contributed by atoms with Gasteiger partial charge in [-0.05, 0) is 25.9 Å². The van der Waals surface area contributed by atoms with E-state index in [1.165, 1.54) is 38.5 Å². The van der Waals surface area contributed by atoms with Crippen LogP contribution in [0.25, 0.3) is 0 Å². The minimum absolute atomic E-state index is 0.304. The first-order valence-corrected chi connectivity index (χ1v) is 8.78. The summed E-state index contributed by atoms with van der Waals surface area (Å²) in [4.78, 5) is 13.9. The summed E-state index contributed by atoms with van der Waals surface area (Å²) in [6.45, 7) is 6.21. The van der Waals surface area contributed by atoms with E-state index in [2.05, 4.69) is 28.2 Å². The van der Waals surface area contributed by atoms with E-state index in [-0.39, 0.29) is 0 Å². The molecule has 1 rings (SSSR count). The number of unbranched alkanes of at least 4 members (excludes halogenated alkanes) is 5. The molecule has 19 heavy (non-hydrogen) atoms. The van der Waals surface area contributed by atoms with Gasteiger partial charge in [0.1, 0.15) is 0 Å². The fourth-order valence-electron chi connectivity index (χ4n) is 2.49. The van der Waals surface area contributed by atoms with Crippen LogP contribution in [0.1, 0.15) is 58.3 Å². The zero-order chi connectivity index (χ0) is 13.9. The second-order valence-corrected chi connectivity index (χ2v) is 6.81. The molecular weight excluding hydrogens is 304 g/mol. The Bertz CT molecular complexity index is 248. The maximum atomic E-state index is 11.6. The van der Waals surface area contributed by atoms with Crippen molar-refractivity contribution in [2.24, 2.45) is 0 Å². The number of hydrogen-bond donors (Lipinski definition) is 1. The Kier molecular flexibility index (Phi) is 9.52. The number of carbonyl (C=O) groups excluding carboxylic acids is 1. The van der Waals surface area contributed by atoms with Gasteiger partial charge in [0.15, 0.2) is 0 Å². The number of alkyl halides is 1. The fourth-order valence-corrected chi connectivity index (χ4v) is 3.12. The van der Waals surface area contributed by atoms with Crippen molar-refractivity contribution in [3.63, 3.8) is 0 Å². The Balaban J connectivity index is 1.82. The first-order chi connectivity index (χ1) is 9.24. The monoisotopic (exact) mass is 332 g/mol. The van der Waals surface area contributed by atoms with Crippen LogP contribution in [0.3, 0.4) is 0 Å². The molecule has 0 radical (unpaired) electrons. The van der Waals surface area contributed by atoms with Crippen LogP contribution in [0, 0.1) is 0 Å². The van der Waals surface area contributed by atoms with E-state index in [1.807, 2.05) is 4.90 Å². The van der Waals surface area contributed by atoms with Crippen LogP contribution < -0.4 is 5.32 Å². The Morgan fingerprint density at radius 1 is 1.16 bits per heavy atom. The maximum absolute atomic E-state index is 11.6. The summed E-state index contributed by atoms with van der Waals surface area (Å²) >= 11 is 3.51. The standard InChI is InChI=1S/C15H29BrN2O/c1-2-3-4-5-6-7-9-17-10-8-11-18-13-14(16)12-15(18)19/h14,17H,2-13H2,1H3. The SMILES string of the molecule is CCCCCCCCNCCCN1CC(Br)CC1=O. The van der Waals surface area contributed by atoms with E-state index in [0.717, 1.165) is 32.6 Å². The lowest BCUT2D eigenvalue weighted by atomic mass is 10.1. The van der Waals surface area contributed by atoms with Crippen molar-refractivity contribution < 1.29 is 4.79 Å². The zero-order valence-electron chi connectivity index (χ0n) is 12.3. The number of rotatable bonds is 11. The second kappa shape index (κ2) is 10.7. The van der Waals surface area contributed by atoms with Crippen molar-refractivity contribution in [2.75, 3.05) is 26.2 Å². The van der Waals surface area contributed by atoms with Crippen LogP contribution in [-0.4, -0.2) is 41.8 Å². The number of halogens is 1. The topological polar surface area (TPSA) is 32.3 Å². The number of carbonyl (C=O) groups is 1. The molecule has 1 N–H and O–H groups in total. The number of nitrogens with zero attached hydrogens (tertiary/aromatic N) is 1. The summed E-state index contributed by atoms with van der Waals surface area (Å²) in [5.41, 5.74) is 0. The molecule has 0 aromatic carbocycles. The summed E-state index contributed by atoms with van der Waals surface area (Å²) in [5, 5.41) is 3.48. The van der Waals surface area contributed by atoms with Crippen molar-refractivity contribution in [1.82, 2.24) is 10.2 Å². The number of nitrogens with one attached hydrogen (secondary N) is 1. The van der Waals surface area contributed by atoms with Gasteiger partial charge in [-0.25, -0.2) is 0 Å². The molecule has 1 amide bonds. The van der Waals surface area contributed by atoms with Crippen LogP contribution >= 0.6 is 15.9 Å². The molecule has 0 bridgehead atoms. The van der Waals surface area contributed by atoms with E-state index in [1.54, 1.807) is 0 Å². The molecular formula is C15H29BrN2O. The average molecular weight is 333 g/mol. The van der Waals surface area contributed by atoms with E-state index in [9.17, 15) is 4.79 Å². The maximum Gasteiger partial charge on any atom is 0.223 e. The van der Waals surface area contributed by atoms with Crippen LogP contribution in [0.2, 0.25) is 0 Å². The molecule has 1 atom stereocenters. The van der Waals surface area contributed by atoms with Gasteiger partial charge in [0.25, 0.3) is 0 Å². The number of hydrogen-bond acceptors (Lipinski definition) is 2. The molecule has 112 valence electrons. The molecule has 0 aromatic heterocycles. The molecule has 0 aliphatic carbocycles. The summed E-state index contributed by atoms with van der Waals surface area (Å²) < 4.78 is 0. The third kappa shape index (κ3) is 7.93. The van der Waals surface area contributed by atoms with Gasteiger partial charge in [0, 0.05) is 24.3 Å². The van der Waals surface area contributed by atoms with Crippen molar-refractivity contribution in [3.8, 4) is 0 Å². The normalized spacial score (nSPS) is 19.4. The predicted molar refractivity (Wildman–Crippen MR) is 84.8 cm³/mol. The highest BCUT2D eigenvalue weighted by Crippen LogP contribution is 2.17. The first kappa shape index (κ1) is 17.0. The van der Waals surface area contributed by atoms with Gasteiger partial charge in [-0.2, -0.15) is 0 Å². The quantitative estimate of drug-likeness (QED) is 0.465. The lowest BCUT2D eigenvalue weighted by molar-refractivity contribution is -0.127. The van der Waals surface area contributed by atoms with Crippen molar-refractivity contribution in [1.29, 1.82) is 0 Å². The minimum atomic E-state index is 0.304. The van der Waals surface area contributed by atoms with Gasteiger partial charge in [-0.3, -0.25) is 4.79 Å².